The van der Waals surface area contributed by atoms with Gasteiger partial charge in [-0.1, -0.05) is 6.07 Å². The molecule has 0 aliphatic heterocycles. The zero-order valence-electron chi connectivity index (χ0n) is 9.68. The molecule has 0 atom stereocenters. The molecule has 0 amide bonds. The van der Waals surface area contributed by atoms with E-state index in [9.17, 15) is 0 Å². The summed E-state index contributed by atoms with van der Waals surface area (Å²) in [6.07, 6.45) is 5.82. The molecule has 16 heavy (non-hydrogen) atoms. The second kappa shape index (κ2) is 5.19. The first-order valence-electron chi connectivity index (χ1n) is 5.85. The molecule has 0 heterocycles. The minimum absolute atomic E-state index is 0.668. The molecule has 3 heteroatoms. The molecule has 2 nitrogen and oxygen atoms in total. The Labute approximate surface area is 105 Å². The third-order valence-corrected chi connectivity index (χ3v) is 4.07. The number of fused-ring (bicyclic) bond motifs is 1. The topological polar surface area (TPSA) is 35.2 Å². The first-order valence-corrected chi connectivity index (χ1v) is 6.64. The van der Waals surface area contributed by atoms with Gasteiger partial charge < -0.3 is 10.5 Å². The SMILES string of the molecule is COc1c(CCN)cc2c(c1Br)CCCC2. The van der Waals surface area contributed by atoms with E-state index in [1.165, 1.54) is 36.0 Å². The predicted molar refractivity (Wildman–Crippen MR) is 70.1 cm³/mol. The lowest BCUT2D eigenvalue weighted by molar-refractivity contribution is 0.405. The number of hydrogen-bond donors (Lipinski definition) is 1. The number of rotatable bonds is 3. The van der Waals surface area contributed by atoms with E-state index in [-0.39, 0.29) is 0 Å². The van der Waals surface area contributed by atoms with Gasteiger partial charge in [-0.3, -0.25) is 0 Å². The van der Waals surface area contributed by atoms with Crippen molar-refractivity contribution >= 4 is 15.9 Å². The molecule has 0 saturated carbocycles. The molecule has 1 aromatic rings. The van der Waals surface area contributed by atoms with Crippen LogP contribution in [0, 0.1) is 0 Å². The summed E-state index contributed by atoms with van der Waals surface area (Å²) in [7, 11) is 1.73. The maximum Gasteiger partial charge on any atom is 0.136 e. The maximum atomic E-state index is 5.64. The van der Waals surface area contributed by atoms with Crippen LogP contribution in [0.15, 0.2) is 10.5 Å². The van der Waals surface area contributed by atoms with E-state index in [0.717, 1.165) is 23.1 Å². The van der Waals surface area contributed by atoms with Gasteiger partial charge in [0.05, 0.1) is 11.6 Å². The minimum Gasteiger partial charge on any atom is -0.495 e. The Morgan fingerprint density at radius 3 is 2.81 bits per heavy atom. The number of aryl methyl sites for hydroxylation is 1. The van der Waals surface area contributed by atoms with Crippen LogP contribution in [-0.2, 0) is 19.3 Å². The lowest BCUT2D eigenvalue weighted by Crippen LogP contribution is -2.10. The van der Waals surface area contributed by atoms with Crippen LogP contribution in [0.2, 0.25) is 0 Å². The smallest absolute Gasteiger partial charge is 0.136 e. The number of methoxy groups -OCH3 is 1. The molecule has 1 aromatic carbocycles. The van der Waals surface area contributed by atoms with Crippen LogP contribution in [0.5, 0.6) is 5.75 Å². The summed E-state index contributed by atoms with van der Waals surface area (Å²) in [6.45, 7) is 0.668. The van der Waals surface area contributed by atoms with Gasteiger partial charge in [0.1, 0.15) is 5.75 Å². The summed E-state index contributed by atoms with van der Waals surface area (Å²) in [6, 6.07) is 2.28. The number of benzene rings is 1. The molecule has 1 aliphatic carbocycles. The van der Waals surface area contributed by atoms with E-state index >= 15 is 0 Å². The molecule has 0 spiro atoms. The van der Waals surface area contributed by atoms with Gasteiger partial charge in [0.25, 0.3) is 0 Å². The van der Waals surface area contributed by atoms with Crippen molar-refractivity contribution in [3.8, 4) is 5.75 Å². The second-order valence-corrected chi connectivity index (χ2v) is 5.06. The molecule has 0 radical (unpaired) electrons. The maximum absolute atomic E-state index is 5.64. The summed E-state index contributed by atoms with van der Waals surface area (Å²) in [5.74, 6) is 0.978. The highest BCUT2D eigenvalue weighted by Crippen LogP contribution is 2.38. The Balaban J connectivity index is 2.50. The zero-order valence-corrected chi connectivity index (χ0v) is 11.3. The van der Waals surface area contributed by atoms with Crippen LogP contribution in [0.4, 0.5) is 0 Å². The van der Waals surface area contributed by atoms with Crippen LogP contribution in [0.1, 0.15) is 29.5 Å². The van der Waals surface area contributed by atoms with Gasteiger partial charge in [-0.2, -0.15) is 0 Å². The van der Waals surface area contributed by atoms with Crippen molar-refractivity contribution < 1.29 is 4.74 Å². The fourth-order valence-corrected chi connectivity index (χ4v) is 3.32. The minimum atomic E-state index is 0.668. The lowest BCUT2D eigenvalue weighted by Gasteiger charge is -2.21. The lowest BCUT2D eigenvalue weighted by atomic mass is 9.89. The van der Waals surface area contributed by atoms with Gasteiger partial charge in [0, 0.05) is 0 Å². The Kier molecular flexibility index (Phi) is 3.87. The Bertz CT molecular complexity index is 390. The molecule has 0 fully saturated rings. The summed E-state index contributed by atoms with van der Waals surface area (Å²) in [4.78, 5) is 0. The number of ether oxygens (including phenoxy) is 1. The average molecular weight is 284 g/mol. The summed E-state index contributed by atoms with van der Waals surface area (Å²) < 4.78 is 6.64. The van der Waals surface area contributed by atoms with Gasteiger partial charge in [-0.25, -0.2) is 0 Å². The van der Waals surface area contributed by atoms with Gasteiger partial charge in [-0.05, 0) is 71.3 Å². The van der Waals surface area contributed by atoms with Crippen LogP contribution >= 0.6 is 15.9 Å². The molecular weight excluding hydrogens is 266 g/mol. The Morgan fingerprint density at radius 1 is 1.38 bits per heavy atom. The standard InChI is InChI=1S/C13H18BrNO/c1-16-13-10(6-7-15)8-9-4-2-3-5-11(9)12(13)14/h8H,2-7,15H2,1H3. The van der Waals surface area contributed by atoms with Gasteiger partial charge >= 0.3 is 0 Å². The Hall–Kier alpha value is -0.540. The molecule has 0 aromatic heterocycles. The van der Waals surface area contributed by atoms with Crippen LogP contribution < -0.4 is 10.5 Å². The second-order valence-electron chi connectivity index (χ2n) is 4.27. The van der Waals surface area contributed by atoms with Gasteiger partial charge in [0.15, 0.2) is 0 Å². The molecule has 2 N–H and O–H groups in total. The van der Waals surface area contributed by atoms with Gasteiger partial charge in [-0.15, -0.1) is 0 Å². The Morgan fingerprint density at radius 2 is 2.12 bits per heavy atom. The molecule has 0 bridgehead atoms. The average Bonchev–Trinajstić information content (AvgIpc) is 2.30. The van der Waals surface area contributed by atoms with Crippen molar-refractivity contribution in [2.45, 2.75) is 32.1 Å². The van der Waals surface area contributed by atoms with Crippen molar-refractivity contribution in [3.63, 3.8) is 0 Å². The van der Waals surface area contributed by atoms with Crippen LogP contribution in [-0.4, -0.2) is 13.7 Å². The van der Waals surface area contributed by atoms with E-state index in [4.69, 9.17) is 10.5 Å². The zero-order chi connectivity index (χ0) is 11.5. The summed E-state index contributed by atoms with van der Waals surface area (Å²) in [5.41, 5.74) is 9.78. The summed E-state index contributed by atoms with van der Waals surface area (Å²) in [5, 5.41) is 0. The van der Waals surface area contributed by atoms with E-state index in [1.54, 1.807) is 7.11 Å². The molecule has 0 unspecified atom stereocenters. The third-order valence-electron chi connectivity index (χ3n) is 3.23. The number of hydrogen-bond acceptors (Lipinski definition) is 2. The highest BCUT2D eigenvalue weighted by Gasteiger charge is 2.18. The summed E-state index contributed by atoms with van der Waals surface area (Å²) >= 11 is 3.68. The van der Waals surface area contributed by atoms with Crippen molar-refractivity contribution in [3.05, 3.63) is 27.2 Å². The third kappa shape index (κ3) is 2.11. The van der Waals surface area contributed by atoms with E-state index in [0.29, 0.717) is 6.54 Å². The molecule has 1 aliphatic rings. The van der Waals surface area contributed by atoms with Crippen molar-refractivity contribution in [2.75, 3.05) is 13.7 Å². The largest absolute Gasteiger partial charge is 0.495 e. The van der Waals surface area contributed by atoms with Crippen molar-refractivity contribution in [2.24, 2.45) is 5.73 Å². The predicted octanol–water partition coefficient (Wildman–Crippen LogP) is 2.84. The van der Waals surface area contributed by atoms with E-state index < -0.39 is 0 Å². The number of nitrogens with two attached hydrogens (primary N) is 1. The van der Waals surface area contributed by atoms with Crippen LogP contribution in [0.25, 0.3) is 0 Å². The molecule has 2 rings (SSSR count). The van der Waals surface area contributed by atoms with Crippen molar-refractivity contribution in [1.82, 2.24) is 0 Å². The normalized spacial score (nSPS) is 14.7. The van der Waals surface area contributed by atoms with E-state index in [2.05, 4.69) is 22.0 Å². The quantitative estimate of drug-likeness (QED) is 0.926. The highest BCUT2D eigenvalue weighted by molar-refractivity contribution is 9.10. The fourth-order valence-electron chi connectivity index (χ4n) is 2.45. The highest BCUT2D eigenvalue weighted by atomic mass is 79.9. The van der Waals surface area contributed by atoms with Crippen LogP contribution in [0.3, 0.4) is 0 Å². The van der Waals surface area contributed by atoms with Gasteiger partial charge in [0.2, 0.25) is 0 Å². The van der Waals surface area contributed by atoms with E-state index in [1.807, 2.05) is 0 Å². The monoisotopic (exact) mass is 283 g/mol. The fraction of sp³-hybridized carbons (Fsp3) is 0.538. The first kappa shape index (κ1) is 11.9. The molecular formula is C13H18BrNO. The molecule has 88 valence electrons. The number of halogens is 1. The first-order chi connectivity index (χ1) is 7.77. The van der Waals surface area contributed by atoms with Crippen molar-refractivity contribution in [1.29, 1.82) is 0 Å². The molecule has 0 saturated heterocycles.